The lowest BCUT2D eigenvalue weighted by molar-refractivity contribution is -0.384. The average molecular weight is 403 g/mol. The summed E-state index contributed by atoms with van der Waals surface area (Å²) in [6.07, 6.45) is 0. The van der Waals surface area contributed by atoms with Gasteiger partial charge in [-0.05, 0) is 46.3 Å². The second-order valence-corrected chi connectivity index (χ2v) is 6.43. The average Bonchev–Trinajstić information content (AvgIpc) is 2.48. The number of hydrogen-bond acceptors (Lipinski definition) is 5. The molecule has 0 aromatic heterocycles. The molecule has 22 heavy (non-hydrogen) atoms. The zero-order valence-corrected chi connectivity index (χ0v) is 14.2. The van der Waals surface area contributed by atoms with Crippen molar-refractivity contribution in [2.24, 2.45) is 0 Å². The Bertz CT molecular complexity index is 708. The lowest BCUT2D eigenvalue weighted by Crippen LogP contribution is -2.10. The van der Waals surface area contributed by atoms with Crippen LogP contribution >= 0.6 is 39.3 Å². The van der Waals surface area contributed by atoms with Gasteiger partial charge < -0.3 is 4.74 Å². The van der Waals surface area contributed by atoms with E-state index in [0.717, 1.165) is 4.90 Å². The Morgan fingerprint density at radius 1 is 1.27 bits per heavy atom. The predicted octanol–water partition coefficient (Wildman–Crippen LogP) is 4.71. The molecule has 2 rings (SSSR count). The summed E-state index contributed by atoms with van der Waals surface area (Å²) in [4.78, 5) is 22.6. The van der Waals surface area contributed by atoms with Crippen LogP contribution in [0.1, 0.15) is 0 Å². The maximum absolute atomic E-state index is 11.8. The molecule has 0 radical (unpaired) electrons. The van der Waals surface area contributed by atoms with Gasteiger partial charge in [0, 0.05) is 22.1 Å². The van der Waals surface area contributed by atoms with Crippen LogP contribution < -0.4 is 4.74 Å². The van der Waals surface area contributed by atoms with Crippen molar-refractivity contribution in [1.29, 1.82) is 0 Å². The molecule has 0 aliphatic heterocycles. The Labute approximate surface area is 143 Å². The van der Waals surface area contributed by atoms with Gasteiger partial charge in [-0.15, -0.1) is 11.8 Å². The van der Waals surface area contributed by atoms with Crippen molar-refractivity contribution in [2.45, 2.75) is 4.90 Å². The topological polar surface area (TPSA) is 69.4 Å². The second kappa shape index (κ2) is 7.62. The molecule has 2 aromatic carbocycles. The van der Waals surface area contributed by atoms with Crippen molar-refractivity contribution in [3.63, 3.8) is 0 Å². The fourth-order valence-electron chi connectivity index (χ4n) is 1.52. The van der Waals surface area contributed by atoms with Gasteiger partial charge in [-0.25, -0.2) is 0 Å². The van der Waals surface area contributed by atoms with Gasteiger partial charge in [0.15, 0.2) is 0 Å². The number of carbonyl (C=O) groups is 1. The van der Waals surface area contributed by atoms with Crippen molar-refractivity contribution in [1.82, 2.24) is 0 Å². The predicted molar refractivity (Wildman–Crippen MR) is 88.6 cm³/mol. The van der Waals surface area contributed by atoms with Gasteiger partial charge in [0.25, 0.3) is 5.69 Å². The lowest BCUT2D eigenvalue weighted by Gasteiger charge is -2.06. The number of halogens is 2. The molecule has 0 N–H and O–H groups in total. The summed E-state index contributed by atoms with van der Waals surface area (Å²) < 4.78 is 5.80. The molecule has 8 heteroatoms. The van der Waals surface area contributed by atoms with Crippen LogP contribution in [0.25, 0.3) is 0 Å². The van der Waals surface area contributed by atoms with Crippen LogP contribution in [0.2, 0.25) is 5.02 Å². The van der Waals surface area contributed by atoms with Gasteiger partial charge in [0.05, 0.1) is 15.1 Å². The molecule has 0 saturated heterocycles. The number of nitrogens with zero attached hydrogens (tertiary/aromatic N) is 1. The van der Waals surface area contributed by atoms with E-state index in [1.54, 1.807) is 30.3 Å². The van der Waals surface area contributed by atoms with Crippen LogP contribution in [-0.2, 0) is 4.79 Å². The molecule has 2 aromatic rings. The van der Waals surface area contributed by atoms with Gasteiger partial charge in [-0.3, -0.25) is 14.9 Å². The number of esters is 1. The molecule has 0 saturated carbocycles. The number of ether oxygens (including phenoxy) is 1. The summed E-state index contributed by atoms with van der Waals surface area (Å²) in [5, 5.41) is 11.1. The number of nitro groups is 1. The highest BCUT2D eigenvalue weighted by atomic mass is 79.9. The molecule has 0 heterocycles. The zero-order valence-electron chi connectivity index (χ0n) is 11.0. The summed E-state index contributed by atoms with van der Waals surface area (Å²) in [7, 11) is 0. The van der Waals surface area contributed by atoms with Gasteiger partial charge in [-0.2, -0.15) is 0 Å². The van der Waals surface area contributed by atoms with Crippen LogP contribution in [0.3, 0.4) is 0 Å². The van der Waals surface area contributed by atoms with E-state index >= 15 is 0 Å². The standard InChI is InChI=1S/C14H9BrClNO4S/c15-12-7-9(16)1-6-13(12)21-14(18)8-22-11-4-2-10(3-5-11)17(19)20/h1-7H,8H2. The Morgan fingerprint density at radius 2 is 1.95 bits per heavy atom. The third-order valence-electron chi connectivity index (χ3n) is 2.52. The fourth-order valence-corrected chi connectivity index (χ4v) is 2.95. The first-order valence-corrected chi connectivity index (χ1v) is 8.14. The first kappa shape index (κ1) is 16.8. The number of rotatable bonds is 5. The van der Waals surface area contributed by atoms with E-state index in [4.69, 9.17) is 16.3 Å². The molecule has 114 valence electrons. The Hall–Kier alpha value is -1.57. The van der Waals surface area contributed by atoms with E-state index in [2.05, 4.69) is 15.9 Å². The maximum atomic E-state index is 11.8. The van der Waals surface area contributed by atoms with E-state index in [-0.39, 0.29) is 11.4 Å². The first-order chi connectivity index (χ1) is 10.5. The Balaban J connectivity index is 1.91. The minimum Gasteiger partial charge on any atom is -0.425 e. The minimum absolute atomic E-state index is 0.0111. The van der Waals surface area contributed by atoms with E-state index in [9.17, 15) is 14.9 Å². The quantitative estimate of drug-likeness (QED) is 0.238. The number of non-ortho nitro benzene ring substituents is 1. The molecule has 0 atom stereocenters. The summed E-state index contributed by atoms with van der Waals surface area (Å²) in [6.45, 7) is 0. The molecule has 5 nitrogen and oxygen atoms in total. The van der Waals surface area contributed by atoms with Crippen molar-refractivity contribution >= 4 is 50.9 Å². The highest BCUT2D eigenvalue weighted by Crippen LogP contribution is 2.29. The van der Waals surface area contributed by atoms with Crippen LogP contribution in [-0.4, -0.2) is 16.6 Å². The number of nitro benzene ring substituents is 1. The minimum atomic E-state index is -0.471. The van der Waals surface area contributed by atoms with Crippen LogP contribution in [0.4, 0.5) is 5.69 Å². The van der Waals surface area contributed by atoms with Crippen LogP contribution in [0.15, 0.2) is 51.8 Å². The summed E-state index contributed by atoms with van der Waals surface area (Å²) in [5.41, 5.74) is 0.0111. The number of benzene rings is 2. The number of hydrogen-bond donors (Lipinski definition) is 0. The van der Waals surface area contributed by atoms with Crippen molar-refractivity contribution < 1.29 is 14.5 Å². The Kier molecular flexibility index (Phi) is 5.82. The third kappa shape index (κ3) is 4.72. The highest BCUT2D eigenvalue weighted by Gasteiger charge is 2.10. The fraction of sp³-hybridized carbons (Fsp3) is 0.0714. The monoisotopic (exact) mass is 401 g/mol. The molecule has 0 aliphatic rings. The van der Waals surface area contributed by atoms with E-state index in [1.807, 2.05) is 0 Å². The first-order valence-electron chi connectivity index (χ1n) is 5.98. The summed E-state index contributed by atoms with van der Waals surface area (Å²) >= 11 is 10.3. The number of carbonyl (C=O) groups excluding carboxylic acids is 1. The van der Waals surface area contributed by atoms with Gasteiger partial charge in [0.2, 0.25) is 0 Å². The molecular weight excluding hydrogens is 394 g/mol. The third-order valence-corrected chi connectivity index (χ3v) is 4.36. The summed E-state index contributed by atoms with van der Waals surface area (Å²) in [5.74, 6) is 0.0532. The molecule has 0 fully saturated rings. The Morgan fingerprint density at radius 3 is 2.55 bits per heavy atom. The maximum Gasteiger partial charge on any atom is 0.321 e. The SMILES string of the molecule is O=C(CSc1ccc([N+](=O)[O-])cc1)Oc1ccc(Cl)cc1Br. The van der Waals surface area contributed by atoms with Gasteiger partial charge >= 0.3 is 5.97 Å². The zero-order chi connectivity index (χ0) is 16.1. The lowest BCUT2D eigenvalue weighted by atomic mass is 10.3. The van der Waals surface area contributed by atoms with Crippen LogP contribution in [0, 0.1) is 10.1 Å². The molecular formula is C14H9BrClNO4S. The van der Waals surface area contributed by atoms with E-state index in [0.29, 0.717) is 15.2 Å². The normalized spacial score (nSPS) is 10.3. The largest absolute Gasteiger partial charge is 0.425 e. The molecule has 0 spiro atoms. The van der Waals surface area contributed by atoms with Crippen LogP contribution in [0.5, 0.6) is 5.75 Å². The van der Waals surface area contributed by atoms with E-state index in [1.165, 1.54) is 23.9 Å². The molecule has 0 bridgehead atoms. The molecule has 0 aliphatic carbocycles. The van der Waals surface area contributed by atoms with Gasteiger partial charge in [0.1, 0.15) is 5.75 Å². The summed E-state index contributed by atoms with van der Waals surface area (Å²) in [6, 6.07) is 10.8. The smallest absolute Gasteiger partial charge is 0.321 e. The van der Waals surface area contributed by atoms with Crippen molar-refractivity contribution in [3.05, 3.63) is 62.1 Å². The number of thioether (sulfide) groups is 1. The molecule has 0 unspecified atom stereocenters. The van der Waals surface area contributed by atoms with Crippen molar-refractivity contribution in [2.75, 3.05) is 5.75 Å². The van der Waals surface area contributed by atoms with Crippen molar-refractivity contribution in [3.8, 4) is 5.75 Å². The highest BCUT2D eigenvalue weighted by molar-refractivity contribution is 9.10. The van der Waals surface area contributed by atoms with E-state index < -0.39 is 10.9 Å². The second-order valence-electron chi connectivity index (χ2n) is 4.09. The molecule has 0 amide bonds. The van der Waals surface area contributed by atoms with Gasteiger partial charge in [-0.1, -0.05) is 11.6 Å².